The van der Waals surface area contributed by atoms with E-state index in [1.165, 1.54) is 36.5 Å². The highest BCUT2D eigenvalue weighted by Crippen LogP contribution is 2.42. The predicted molar refractivity (Wildman–Crippen MR) is 120 cm³/mol. The van der Waals surface area contributed by atoms with E-state index in [0.29, 0.717) is 30.9 Å². The highest BCUT2D eigenvalue weighted by atomic mass is 32.2. The van der Waals surface area contributed by atoms with Crippen molar-refractivity contribution in [3.8, 4) is 11.5 Å². The molecule has 1 aliphatic rings. The standard InChI is InChI=1S/C20H27NO7S3/c1-12(2)31(24,25)21-19(22)17-15(8-13(3)29-17)28-7-5-6-14-9-16(26-4)18(30-14)20(23)10-27-11-20/h8-9,12,23H,5-7,10-11H2,1-4H3,(H,21,22). The Hall–Kier alpha value is -1.66. The van der Waals surface area contributed by atoms with Gasteiger partial charge in [-0.3, -0.25) is 4.79 Å². The summed E-state index contributed by atoms with van der Waals surface area (Å²) in [7, 11) is -2.14. The first-order valence-electron chi connectivity index (χ1n) is 9.82. The molecular weight excluding hydrogens is 462 g/mol. The van der Waals surface area contributed by atoms with Gasteiger partial charge < -0.3 is 19.3 Å². The number of hydrogen-bond donors (Lipinski definition) is 2. The van der Waals surface area contributed by atoms with Crippen molar-refractivity contribution in [1.82, 2.24) is 4.72 Å². The van der Waals surface area contributed by atoms with Crippen molar-refractivity contribution < 1.29 is 32.5 Å². The largest absolute Gasteiger partial charge is 0.495 e. The molecule has 0 saturated carbocycles. The van der Waals surface area contributed by atoms with Crippen LogP contribution in [0.1, 0.15) is 44.6 Å². The second kappa shape index (κ2) is 9.45. The van der Waals surface area contributed by atoms with Gasteiger partial charge in [0, 0.05) is 9.75 Å². The van der Waals surface area contributed by atoms with Crippen LogP contribution in [0.25, 0.3) is 0 Å². The topological polar surface area (TPSA) is 111 Å². The fourth-order valence-corrected chi connectivity index (χ4v) is 5.66. The maximum absolute atomic E-state index is 12.4. The Morgan fingerprint density at radius 1 is 1.29 bits per heavy atom. The molecule has 2 N–H and O–H groups in total. The molecule has 0 atom stereocenters. The zero-order valence-corrected chi connectivity index (χ0v) is 20.3. The number of ether oxygens (including phenoxy) is 3. The van der Waals surface area contributed by atoms with E-state index >= 15 is 0 Å². The van der Waals surface area contributed by atoms with E-state index in [4.69, 9.17) is 14.2 Å². The summed E-state index contributed by atoms with van der Waals surface area (Å²) >= 11 is 2.69. The Kier molecular flexibility index (Phi) is 7.32. The number of rotatable bonds is 10. The molecule has 1 amide bonds. The van der Waals surface area contributed by atoms with Crippen LogP contribution in [0.2, 0.25) is 0 Å². The highest BCUT2D eigenvalue weighted by Gasteiger charge is 2.42. The maximum Gasteiger partial charge on any atom is 0.278 e. The summed E-state index contributed by atoms with van der Waals surface area (Å²) in [5, 5.41) is 9.82. The molecule has 2 aromatic heterocycles. The Labute approximate surface area is 190 Å². The molecule has 0 aliphatic carbocycles. The molecule has 8 nitrogen and oxygen atoms in total. The summed E-state index contributed by atoms with van der Waals surface area (Å²) < 4.78 is 42.4. The van der Waals surface area contributed by atoms with Gasteiger partial charge in [-0.2, -0.15) is 0 Å². The van der Waals surface area contributed by atoms with Crippen molar-refractivity contribution in [2.75, 3.05) is 26.9 Å². The predicted octanol–water partition coefficient (Wildman–Crippen LogP) is 2.82. The molecule has 3 heterocycles. The van der Waals surface area contributed by atoms with Crippen LogP contribution in [0.3, 0.4) is 0 Å². The third-order valence-electron chi connectivity index (χ3n) is 4.78. The van der Waals surface area contributed by atoms with Gasteiger partial charge in [0.25, 0.3) is 5.91 Å². The number of nitrogens with one attached hydrogen (secondary N) is 1. The van der Waals surface area contributed by atoms with E-state index in [9.17, 15) is 18.3 Å². The van der Waals surface area contributed by atoms with Crippen LogP contribution in [0.4, 0.5) is 0 Å². The molecular formula is C20H27NO7S3. The third kappa shape index (κ3) is 5.40. The van der Waals surface area contributed by atoms with Gasteiger partial charge in [0.15, 0.2) is 0 Å². The minimum atomic E-state index is -3.72. The minimum absolute atomic E-state index is 0.244. The molecule has 2 aromatic rings. The highest BCUT2D eigenvalue weighted by molar-refractivity contribution is 7.90. The maximum atomic E-state index is 12.4. The van der Waals surface area contributed by atoms with Crippen molar-refractivity contribution in [2.24, 2.45) is 0 Å². The molecule has 0 bridgehead atoms. The molecule has 0 spiro atoms. The van der Waals surface area contributed by atoms with E-state index < -0.39 is 26.8 Å². The van der Waals surface area contributed by atoms with E-state index in [1.807, 2.05) is 13.0 Å². The first-order valence-corrected chi connectivity index (χ1v) is 13.0. The molecule has 172 valence electrons. The minimum Gasteiger partial charge on any atom is -0.495 e. The summed E-state index contributed by atoms with van der Waals surface area (Å²) in [6.07, 6.45) is 1.39. The third-order valence-corrected chi connectivity index (χ3v) is 8.89. The van der Waals surface area contributed by atoms with Gasteiger partial charge >= 0.3 is 0 Å². The smallest absolute Gasteiger partial charge is 0.278 e. The lowest BCUT2D eigenvalue weighted by Crippen LogP contribution is -2.46. The van der Waals surface area contributed by atoms with Crippen molar-refractivity contribution in [1.29, 1.82) is 0 Å². The van der Waals surface area contributed by atoms with E-state index in [2.05, 4.69) is 4.72 Å². The van der Waals surface area contributed by atoms with Crippen LogP contribution in [0.5, 0.6) is 11.5 Å². The van der Waals surface area contributed by atoms with Crippen molar-refractivity contribution in [3.63, 3.8) is 0 Å². The first kappa shape index (κ1) is 24.0. The Morgan fingerprint density at radius 3 is 2.58 bits per heavy atom. The summed E-state index contributed by atoms with van der Waals surface area (Å²) in [5.74, 6) is 0.361. The Morgan fingerprint density at radius 2 is 2.00 bits per heavy atom. The van der Waals surface area contributed by atoms with Crippen LogP contribution in [-0.2, 0) is 26.8 Å². The molecule has 0 unspecified atom stereocenters. The Balaban J connectivity index is 1.59. The van der Waals surface area contributed by atoms with Crippen LogP contribution in [0, 0.1) is 6.92 Å². The van der Waals surface area contributed by atoms with Crippen LogP contribution >= 0.6 is 22.7 Å². The molecule has 1 saturated heterocycles. The van der Waals surface area contributed by atoms with Gasteiger partial charge in [-0.15, -0.1) is 22.7 Å². The molecule has 1 aliphatic heterocycles. The number of sulfonamides is 1. The number of carbonyl (C=O) groups is 1. The van der Waals surface area contributed by atoms with Crippen LogP contribution in [-0.4, -0.2) is 51.6 Å². The quantitative estimate of drug-likeness (QED) is 0.494. The van der Waals surface area contributed by atoms with Gasteiger partial charge in [0.1, 0.15) is 22.0 Å². The average molecular weight is 490 g/mol. The first-order chi connectivity index (χ1) is 14.6. The summed E-state index contributed by atoms with van der Waals surface area (Å²) in [5.41, 5.74) is -0.975. The lowest BCUT2D eigenvalue weighted by atomic mass is 10.00. The van der Waals surface area contributed by atoms with Crippen molar-refractivity contribution in [2.45, 2.75) is 44.5 Å². The molecule has 0 aromatic carbocycles. The fourth-order valence-electron chi connectivity index (χ4n) is 2.93. The monoisotopic (exact) mass is 489 g/mol. The second-order valence-electron chi connectivity index (χ2n) is 7.66. The van der Waals surface area contributed by atoms with Gasteiger partial charge in [-0.1, -0.05) is 0 Å². The fraction of sp³-hybridized carbons (Fsp3) is 0.550. The van der Waals surface area contributed by atoms with E-state index in [0.717, 1.165) is 14.6 Å². The zero-order valence-electron chi connectivity index (χ0n) is 17.9. The number of carbonyl (C=O) groups excluding carboxylic acids is 1. The normalized spacial score (nSPS) is 15.5. The van der Waals surface area contributed by atoms with E-state index in [-0.39, 0.29) is 18.1 Å². The number of thiophene rings is 2. The number of amides is 1. The van der Waals surface area contributed by atoms with Crippen LogP contribution in [0.15, 0.2) is 12.1 Å². The number of hydrogen-bond acceptors (Lipinski definition) is 9. The summed E-state index contributed by atoms with van der Waals surface area (Å²) in [6, 6.07) is 3.65. The van der Waals surface area contributed by atoms with Gasteiger partial charge in [0.05, 0.1) is 37.1 Å². The molecule has 11 heteroatoms. The molecule has 31 heavy (non-hydrogen) atoms. The zero-order chi connectivity index (χ0) is 22.8. The summed E-state index contributed by atoms with van der Waals surface area (Å²) in [6.45, 7) is 5.74. The van der Waals surface area contributed by atoms with Crippen molar-refractivity contribution in [3.05, 3.63) is 31.6 Å². The second-order valence-corrected chi connectivity index (χ2v) is 12.3. The average Bonchev–Trinajstić information content (AvgIpc) is 3.26. The molecule has 3 rings (SSSR count). The molecule has 1 fully saturated rings. The van der Waals surface area contributed by atoms with Crippen molar-refractivity contribution >= 4 is 38.6 Å². The van der Waals surface area contributed by atoms with Gasteiger partial charge in [-0.05, 0) is 45.7 Å². The van der Waals surface area contributed by atoms with E-state index in [1.54, 1.807) is 13.2 Å². The number of methoxy groups -OCH3 is 1. The SMILES string of the molecule is COc1cc(CCCOc2cc(C)sc2C(=O)NS(=O)(=O)C(C)C)sc1C1(O)COC1. The number of aliphatic hydroxyl groups is 1. The number of aryl methyl sites for hydroxylation is 2. The van der Waals surface area contributed by atoms with Gasteiger partial charge in [0.2, 0.25) is 10.0 Å². The molecule has 0 radical (unpaired) electrons. The van der Waals surface area contributed by atoms with Gasteiger partial charge in [-0.25, -0.2) is 13.1 Å². The summed E-state index contributed by atoms with van der Waals surface area (Å²) in [4.78, 5) is 15.4. The Bertz CT molecular complexity index is 1040. The lowest BCUT2D eigenvalue weighted by molar-refractivity contribution is -0.183. The lowest BCUT2D eigenvalue weighted by Gasteiger charge is -2.35. The van der Waals surface area contributed by atoms with Crippen LogP contribution < -0.4 is 14.2 Å².